The summed E-state index contributed by atoms with van der Waals surface area (Å²) in [6.45, 7) is 2.07. The first-order valence-corrected chi connectivity index (χ1v) is 4.88. The maximum absolute atomic E-state index is 3.19. The molecule has 0 aliphatic heterocycles. The van der Waals surface area contributed by atoms with Crippen LogP contribution in [-0.2, 0) is 0 Å². The minimum Gasteiger partial charge on any atom is -0.0982 e. The van der Waals surface area contributed by atoms with Gasteiger partial charge in [0.05, 0.1) is 0 Å². The second-order valence-electron chi connectivity index (χ2n) is 3.18. The highest BCUT2D eigenvalue weighted by Crippen LogP contribution is 2.17. The number of fused-ring (bicyclic) bond motifs is 1. The first-order valence-electron chi connectivity index (χ1n) is 4.88. The highest BCUT2D eigenvalue weighted by Gasteiger charge is 1.95. The predicted molar refractivity (Wildman–Crippen MR) is 61.1 cm³/mol. The maximum Gasteiger partial charge on any atom is 0.0323 e. The van der Waals surface area contributed by atoms with Crippen molar-refractivity contribution in [2.75, 3.05) is 0 Å². The van der Waals surface area contributed by atoms with E-state index in [9.17, 15) is 0 Å². The number of rotatable bonds is 0. The van der Waals surface area contributed by atoms with Gasteiger partial charge in [0.1, 0.15) is 0 Å². The van der Waals surface area contributed by atoms with Crippen molar-refractivity contribution in [1.29, 1.82) is 0 Å². The van der Waals surface area contributed by atoms with Gasteiger partial charge >= 0.3 is 0 Å². The average molecular weight is 180 g/mol. The van der Waals surface area contributed by atoms with Crippen molar-refractivity contribution in [3.05, 3.63) is 48.0 Å². The quantitative estimate of drug-likeness (QED) is 0.543. The lowest BCUT2D eigenvalue weighted by molar-refractivity contribution is 1.28. The van der Waals surface area contributed by atoms with E-state index in [4.69, 9.17) is 0 Å². The fourth-order valence-electron chi connectivity index (χ4n) is 1.52. The summed E-state index contributed by atoms with van der Waals surface area (Å²) in [5, 5.41) is 2.51. The van der Waals surface area contributed by atoms with Crippen molar-refractivity contribution in [3.63, 3.8) is 0 Å². The molecule has 68 valence electrons. The topological polar surface area (TPSA) is 0 Å². The molecule has 0 fully saturated rings. The first kappa shape index (κ1) is 8.84. The average Bonchev–Trinajstić information content (AvgIpc) is 2.26. The smallest absolute Gasteiger partial charge is 0.0323 e. The van der Waals surface area contributed by atoms with Crippen LogP contribution in [0.4, 0.5) is 0 Å². The molecule has 2 aromatic carbocycles. The third-order valence-electron chi connectivity index (χ3n) is 2.19. The summed E-state index contributed by atoms with van der Waals surface area (Å²) in [5.74, 6) is 6.29. The molecule has 0 saturated carbocycles. The van der Waals surface area contributed by atoms with Crippen LogP contribution in [-0.4, -0.2) is 0 Å². The Morgan fingerprint density at radius 1 is 1.00 bits per heavy atom. The molecule has 0 saturated heterocycles. The summed E-state index contributed by atoms with van der Waals surface area (Å²) in [6.07, 6.45) is 0.906. The molecule has 0 spiro atoms. The van der Waals surface area contributed by atoms with Crippen LogP contribution in [0.1, 0.15) is 18.9 Å². The largest absolute Gasteiger partial charge is 0.0982 e. The van der Waals surface area contributed by atoms with Crippen LogP contribution < -0.4 is 0 Å². The highest BCUT2D eigenvalue weighted by molar-refractivity contribution is 5.88. The van der Waals surface area contributed by atoms with E-state index in [1.54, 1.807) is 0 Å². The Labute approximate surface area is 84.6 Å². The lowest BCUT2D eigenvalue weighted by Gasteiger charge is -1.98. The van der Waals surface area contributed by atoms with E-state index in [1.165, 1.54) is 10.8 Å². The second-order valence-corrected chi connectivity index (χ2v) is 3.18. The Morgan fingerprint density at radius 3 is 2.64 bits per heavy atom. The fourth-order valence-corrected chi connectivity index (χ4v) is 1.52. The zero-order chi connectivity index (χ0) is 9.80. The normalized spacial score (nSPS) is 9.50. The van der Waals surface area contributed by atoms with Gasteiger partial charge in [0.25, 0.3) is 0 Å². The summed E-state index contributed by atoms with van der Waals surface area (Å²) in [4.78, 5) is 0. The van der Waals surface area contributed by atoms with Crippen LogP contribution >= 0.6 is 0 Å². The SMILES string of the molecule is CCC#Cc1cccc2ccccc12. The van der Waals surface area contributed by atoms with Crippen molar-refractivity contribution in [1.82, 2.24) is 0 Å². The number of hydrogen-bond donors (Lipinski definition) is 0. The van der Waals surface area contributed by atoms with E-state index in [0.717, 1.165) is 12.0 Å². The summed E-state index contributed by atoms with van der Waals surface area (Å²) in [6, 6.07) is 14.6. The molecule has 0 nitrogen and oxygen atoms in total. The number of hydrogen-bond acceptors (Lipinski definition) is 0. The lowest BCUT2D eigenvalue weighted by atomic mass is 10.1. The van der Waals surface area contributed by atoms with Gasteiger partial charge < -0.3 is 0 Å². The van der Waals surface area contributed by atoms with Crippen LogP contribution in [0.25, 0.3) is 10.8 Å². The van der Waals surface area contributed by atoms with Gasteiger partial charge in [-0.15, -0.1) is 0 Å². The van der Waals surface area contributed by atoms with E-state index in [0.29, 0.717) is 0 Å². The Hall–Kier alpha value is -1.74. The molecule has 0 heteroatoms. The van der Waals surface area contributed by atoms with E-state index >= 15 is 0 Å². The van der Waals surface area contributed by atoms with Crippen LogP contribution in [0.5, 0.6) is 0 Å². The summed E-state index contributed by atoms with van der Waals surface area (Å²) in [5.41, 5.74) is 1.13. The van der Waals surface area contributed by atoms with Crippen molar-refractivity contribution in [3.8, 4) is 11.8 Å². The third kappa shape index (κ3) is 1.63. The van der Waals surface area contributed by atoms with Crippen molar-refractivity contribution >= 4 is 10.8 Å². The molecule has 0 aliphatic carbocycles. The van der Waals surface area contributed by atoms with Crippen LogP contribution in [0.3, 0.4) is 0 Å². The zero-order valence-corrected chi connectivity index (χ0v) is 8.25. The molecule has 0 aliphatic rings. The molecule has 2 aromatic rings. The number of benzene rings is 2. The Kier molecular flexibility index (Phi) is 2.51. The lowest BCUT2D eigenvalue weighted by Crippen LogP contribution is -1.78. The van der Waals surface area contributed by atoms with Gasteiger partial charge in [0.15, 0.2) is 0 Å². The van der Waals surface area contributed by atoms with Gasteiger partial charge in [-0.1, -0.05) is 55.2 Å². The van der Waals surface area contributed by atoms with E-state index in [1.807, 2.05) is 0 Å². The van der Waals surface area contributed by atoms with Crippen molar-refractivity contribution in [2.24, 2.45) is 0 Å². The van der Waals surface area contributed by atoms with Crippen LogP contribution in [0.2, 0.25) is 0 Å². The van der Waals surface area contributed by atoms with E-state index in [-0.39, 0.29) is 0 Å². The minimum absolute atomic E-state index is 0.906. The van der Waals surface area contributed by atoms with Gasteiger partial charge in [-0.05, 0) is 16.8 Å². The minimum atomic E-state index is 0.906. The van der Waals surface area contributed by atoms with Gasteiger partial charge in [-0.3, -0.25) is 0 Å². The molecular weight excluding hydrogens is 168 g/mol. The van der Waals surface area contributed by atoms with Gasteiger partial charge in [-0.2, -0.15) is 0 Å². The second kappa shape index (κ2) is 3.98. The maximum atomic E-state index is 3.19. The van der Waals surface area contributed by atoms with Crippen molar-refractivity contribution < 1.29 is 0 Å². The highest BCUT2D eigenvalue weighted by atomic mass is 14.0. The molecule has 0 unspecified atom stereocenters. The van der Waals surface area contributed by atoms with Gasteiger partial charge in [0, 0.05) is 12.0 Å². The van der Waals surface area contributed by atoms with E-state index in [2.05, 4.69) is 61.2 Å². The molecule has 0 amide bonds. The van der Waals surface area contributed by atoms with Crippen molar-refractivity contribution in [2.45, 2.75) is 13.3 Å². The van der Waals surface area contributed by atoms with Crippen LogP contribution in [0.15, 0.2) is 42.5 Å². The first-order chi connectivity index (χ1) is 6.92. The molecule has 0 N–H and O–H groups in total. The molecule has 0 heterocycles. The van der Waals surface area contributed by atoms with Gasteiger partial charge in [-0.25, -0.2) is 0 Å². The zero-order valence-electron chi connectivity index (χ0n) is 8.25. The molecule has 0 radical (unpaired) electrons. The summed E-state index contributed by atoms with van der Waals surface area (Å²) >= 11 is 0. The van der Waals surface area contributed by atoms with Crippen LogP contribution in [0, 0.1) is 11.8 Å². The molecule has 0 aromatic heterocycles. The summed E-state index contributed by atoms with van der Waals surface area (Å²) < 4.78 is 0. The third-order valence-corrected chi connectivity index (χ3v) is 2.19. The Morgan fingerprint density at radius 2 is 1.79 bits per heavy atom. The molecule has 2 rings (SSSR count). The molecule has 0 bridgehead atoms. The standard InChI is InChI=1S/C14H12/c1-2-3-7-12-9-6-10-13-8-4-5-11-14(12)13/h4-6,8-11H,2H2,1H3. The van der Waals surface area contributed by atoms with E-state index < -0.39 is 0 Å². The Balaban J connectivity index is 2.65. The summed E-state index contributed by atoms with van der Waals surface area (Å²) in [7, 11) is 0. The molecular formula is C14H12. The predicted octanol–water partition coefficient (Wildman–Crippen LogP) is 3.60. The fraction of sp³-hybridized carbons (Fsp3) is 0.143. The Bertz CT molecular complexity index is 493. The van der Waals surface area contributed by atoms with Gasteiger partial charge in [0.2, 0.25) is 0 Å². The monoisotopic (exact) mass is 180 g/mol. The molecule has 0 atom stereocenters. The molecule has 14 heavy (non-hydrogen) atoms.